The zero-order valence-electron chi connectivity index (χ0n) is 18.4. The Kier molecular flexibility index (Phi) is 6.20. The summed E-state index contributed by atoms with van der Waals surface area (Å²) in [5.74, 6) is -0.586. The van der Waals surface area contributed by atoms with Crippen molar-refractivity contribution >= 4 is 17.7 Å². The number of hydrogen-bond donors (Lipinski definition) is 1. The largest absolute Gasteiger partial charge is 0.460 e. The highest BCUT2D eigenvalue weighted by atomic mass is 16.6. The second-order valence-electron chi connectivity index (χ2n) is 8.59. The molecule has 4 rings (SSSR count). The van der Waals surface area contributed by atoms with E-state index in [1.807, 2.05) is 6.92 Å². The van der Waals surface area contributed by atoms with E-state index in [1.54, 1.807) is 26.2 Å². The second-order valence-corrected chi connectivity index (χ2v) is 8.59. The van der Waals surface area contributed by atoms with Crippen molar-refractivity contribution < 1.29 is 19.1 Å². The van der Waals surface area contributed by atoms with Crippen LogP contribution in [0, 0.1) is 6.92 Å². The van der Waals surface area contributed by atoms with E-state index >= 15 is 0 Å². The molecule has 1 aromatic carbocycles. The first-order chi connectivity index (χ1) is 14.9. The van der Waals surface area contributed by atoms with Crippen LogP contribution in [-0.4, -0.2) is 34.2 Å². The fraction of sp³-hybridized carbons (Fsp3) is 0.500. The standard InChI is InChI=1S/C24H29N3O4/c1-14(2)30-23(28)21(11-18-13-25-12-15(3)26-18)31-24(29)27-22-19-8-4-6-16(19)10-17-7-5-9-20(17)22/h10,12-14,21H,4-9,11H2,1-3H3,(H,27,29). The highest BCUT2D eigenvalue weighted by Gasteiger charge is 2.29. The minimum absolute atomic E-state index is 0.110. The number of fused-ring (bicyclic) bond motifs is 2. The predicted octanol–water partition coefficient (Wildman–Crippen LogP) is 3.87. The van der Waals surface area contributed by atoms with Gasteiger partial charge in [-0.2, -0.15) is 0 Å². The van der Waals surface area contributed by atoms with Gasteiger partial charge in [0.25, 0.3) is 0 Å². The summed E-state index contributed by atoms with van der Waals surface area (Å²) in [6.45, 7) is 5.35. The summed E-state index contributed by atoms with van der Waals surface area (Å²) in [5, 5.41) is 2.97. The zero-order chi connectivity index (χ0) is 22.0. The van der Waals surface area contributed by atoms with Crippen LogP contribution in [0.2, 0.25) is 0 Å². The number of carbonyl (C=O) groups excluding carboxylic acids is 2. The van der Waals surface area contributed by atoms with Crippen LogP contribution in [0.5, 0.6) is 0 Å². The molecule has 2 aliphatic rings. The summed E-state index contributed by atoms with van der Waals surface area (Å²) in [4.78, 5) is 34.0. The first-order valence-electron chi connectivity index (χ1n) is 11.0. The van der Waals surface area contributed by atoms with Gasteiger partial charge in [0, 0.05) is 18.8 Å². The molecule has 1 aromatic heterocycles. The van der Waals surface area contributed by atoms with Gasteiger partial charge in [-0.15, -0.1) is 0 Å². The molecule has 2 aliphatic carbocycles. The maximum Gasteiger partial charge on any atom is 0.412 e. The fourth-order valence-corrected chi connectivity index (χ4v) is 4.51. The topological polar surface area (TPSA) is 90.4 Å². The average Bonchev–Trinajstić information content (AvgIpc) is 3.36. The Morgan fingerprint density at radius 3 is 2.32 bits per heavy atom. The molecule has 0 fully saturated rings. The quantitative estimate of drug-likeness (QED) is 0.709. The third-order valence-electron chi connectivity index (χ3n) is 5.76. The Morgan fingerprint density at radius 2 is 1.71 bits per heavy atom. The Balaban J connectivity index is 1.53. The van der Waals surface area contributed by atoms with Gasteiger partial charge in [-0.3, -0.25) is 15.3 Å². The second kappa shape index (κ2) is 9.04. The molecule has 31 heavy (non-hydrogen) atoms. The van der Waals surface area contributed by atoms with Gasteiger partial charge in [0.1, 0.15) is 0 Å². The molecule has 0 bridgehead atoms. The number of hydrogen-bond acceptors (Lipinski definition) is 6. The first-order valence-corrected chi connectivity index (χ1v) is 11.0. The molecule has 7 nitrogen and oxygen atoms in total. The smallest absolute Gasteiger partial charge is 0.412 e. The molecule has 1 N–H and O–H groups in total. The summed E-state index contributed by atoms with van der Waals surface area (Å²) in [6, 6.07) is 2.31. The summed E-state index contributed by atoms with van der Waals surface area (Å²) >= 11 is 0. The van der Waals surface area contributed by atoms with Crippen LogP contribution >= 0.6 is 0 Å². The summed E-state index contributed by atoms with van der Waals surface area (Å²) < 4.78 is 10.9. The van der Waals surface area contributed by atoms with Gasteiger partial charge >= 0.3 is 12.1 Å². The molecule has 1 atom stereocenters. The van der Waals surface area contributed by atoms with E-state index in [4.69, 9.17) is 9.47 Å². The van der Waals surface area contributed by atoms with Gasteiger partial charge in [-0.1, -0.05) is 6.07 Å². The molecule has 1 amide bonds. The molecule has 0 spiro atoms. The maximum absolute atomic E-state index is 12.9. The Bertz CT molecular complexity index is 970. The van der Waals surface area contributed by atoms with Crippen LogP contribution in [0.1, 0.15) is 60.3 Å². The summed E-state index contributed by atoms with van der Waals surface area (Å²) in [7, 11) is 0. The van der Waals surface area contributed by atoms with Crippen molar-refractivity contribution in [1.29, 1.82) is 0 Å². The monoisotopic (exact) mass is 423 g/mol. The number of nitrogens with one attached hydrogen (secondary N) is 1. The molecule has 0 aliphatic heterocycles. The number of amides is 1. The highest BCUT2D eigenvalue weighted by molar-refractivity contribution is 5.90. The first kappa shape index (κ1) is 21.3. The number of ether oxygens (including phenoxy) is 2. The number of carbonyl (C=O) groups is 2. The zero-order valence-corrected chi connectivity index (χ0v) is 18.4. The number of aryl methyl sites for hydroxylation is 3. The van der Waals surface area contributed by atoms with Gasteiger partial charge < -0.3 is 9.47 Å². The Morgan fingerprint density at radius 1 is 1.03 bits per heavy atom. The predicted molar refractivity (Wildman–Crippen MR) is 116 cm³/mol. The van der Waals surface area contributed by atoms with Crippen molar-refractivity contribution in [3.05, 3.63) is 52.1 Å². The average molecular weight is 424 g/mol. The molecule has 2 aromatic rings. The Hall–Kier alpha value is -2.96. The minimum atomic E-state index is -1.09. The lowest BCUT2D eigenvalue weighted by molar-refractivity contribution is -0.157. The number of rotatable bonds is 6. The van der Waals surface area contributed by atoms with Gasteiger partial charge in [0.05, 0.1) is 23.2 Å². The van der Waals surface area contributed by atoms with E-state index in [1.165, 1.54) is 22.3 Å². The molecule has 1 heterocycles. The lowest BCUT2D eigenvalue weighted by atomic mass is 9.99. The van der Waals surface area contributed by atoms with Crippen LogP contribution < -0.4 is 5.32 Å². The van der Waals surface area contributed by atoms with Crippen molar-refractivity contribution in [2.45, 2.75) is 77.9 Å². The van der Waals surface area contributed by atoms with Crippen LogP contribution in [0.15, 0.2) is 18.5 Å². The van der Waals surface area contributed by atoms with Gasteiger partial charge in [-0.25, -0.2) is 9.59 Å². The number of anilines is 1. The third kappa shape index (κ3) is 4.86. The minimum Gasteiger partial charge on any atom is -0.460 e. The molecule has 0 radical (unpaired) electrons. The molecule has 0 saturated carbocycles. The van der Waals surface area contributed by atoms with Crippen LogP contribution in [0.3, 0.4) is 0 Å². The van der Waals surface area contributed by atoms with Crippen molar-refractivity contribution in [2.24, 2.45) is 0 Å². The number of aromatic nitrogens is 2. The molecular weight excluding hydrogens is 394 g/mol. The fourth-order valence-electron chi connectivity index (χ4n) is 4.51. The normalized spacial score (nSPS) is 15.4. The van der Waals surface area contributed by atoms with E-state index in [9.17, 15) is 9.59 Å². The van der Waals surface area contributed by atoms with Crippen LogP contribution in [0.25, 0.3) is 0 Å². The molecule has 0 saturated heterocycles. The van der Waals surface area contributed by atoms with Gasteiger partial charge in [-0.05, 0) is 81.5 Å². The molecule has 7 heteroatoms. The molecular formula is C24H29N3O4. The SMILES string of the molecule is Cc1cncc(CC(OC(=O)Nc2c3c(cc4c2CCC4)CCC3)C(=O)OC(C)C)n1. The van der Waals surface area contributed by atoms with E-state index in [2.05, 4.69) is 21.4 Å². The van der Waals surface area contributed by atoms with E-state index < -0.39 is 18.2 Å². The van der Waals surface area contributed by atoms with Crippen LogP contribution in [0.4, 0.5) is 10.5 Å². The van der Waals surface area contributed by atoms with Gasteiger partial charge in [0.2, 0.25) is 6.10 Å². The van der Waals surface area contributed by atoms with Crippen molar-refractivity contribution in [2.75, 3.05) is 5.32 Å². The Labute approximate surface area is 182 Å². The van der Waals surface area contributed by atoms with Crippen molar-refractivity contribution in [3.8, 4) is 0 Å². The third-order valence-corrected chi connectivity index (χ3v) is 5.76. The molecule has 1 unspecified atom stereocenters. The van der Waals surface area contributed by atoms with Crippen molar-refractivity contribution in [1.82, 2.24) is 9.97 Å². The van der Waals surface area contributed by atoms with Crippen LogP contribution in [-0.2, 0) is 46.4 Å². The molecule has 164 valence electrons. The highest BCUT2D eigenvalue weighted by Crippen LogP contribution is 2.38. The maximum atomic E-state index is 12.9. The van der Waals surface area contributed by atoms with Crippen molar-refractivity contribution in [3.63, 3.8) is 0 Å². The summed E-state index contributed by atoms with van der Waals surface area (Å²) in [6.07, 6.45) is 7.45. The van der Waals surface area contributed by atoms with Gasteiger partial charge in [0.15, 0.2) is 0 Å². The number of benzene rings is 1. The van der Waals surface area contributed by atoms with E-state index in [0.29, 0.717) is 5.69 Å². The summed E-state index contributed by atoms with van der Waals surface area (Å²) in [5.41, 5.74) is 7.25. The number of esters is 1. The number of nitrogens with zero attached hydrogens (tertiary/aromatic N) is 2. The lowest BCUT2D eigenvalue weighted by Crippen LogP contribution is -2.34. The lowest BCUT2D eigenvalue weighted by Gasteiger charge is -2.20. The van der Waals surface area contributed by atoms with E-state index in [-0.39, 0.29) is 12.5 Å². The van der Waals surface area contributed by atoms with E-state index in [0.717, 1.165) is 49.9 Å².